The van der Waals surface area contributed by atoms with Crippen LogP contribution < -0.4 is 5.32 Å². The van der Waals surface area contributed by atoms with E-state index in [-0.39, 0.29) is 11.9 Å². The van der Waals surface area contributed by atoms with E-state index in [1.54, 1.807) is 6.07 Å². The summed E-state index contributed by atoms with van der Waals surface area (Å²) in [6.07, 6.45) is 2.36. The molecular weight excluding hydrogens is 128 g/mol. The van der Waals surface area contributed by atoms with Gasteiger partial charge in [0.15, 0.2) is 0 Å². The Morgan fingerprint density at radius 1 is 1.70 bits per heavy atom. The molecule has 10 heavy (non-hydrogen) atoms. The van der Waals surface area contributed by atoms with Crippen LogP contribution in [0.1, 0.15) is 13.8 Å². The predicted molar refractivity (Wildman–Crippen MR) is 38.0 cm³/mol. The van der Waals surface area contributed by atoms with E-state index in [4.69, 9.17) is 5.26 Å². The van der Waals surface area contributed by atoms with E-state index in [1.165, 1.54) is 6.08 Å². The van der Waals surface area contributed by atoms with Gasteiger partial charge in [-0.15, -0.1) is 0 Å². The van der Waals surface area contributed by atoms with Gasteiger partial charge in [0.2, 0.25) is 5.91 Å². The summed E-state index contributed by atoms with van der Waals surface area (Å²) in [4.78, 5) is 10.7. The van der Waals surface area contributed by atoms with Crippen LogP contribution in [0.25, 0.3) is 0 Å². The number of hydrogen-bond acceptors (Lipinski definition) is 2. The van der Waals surface area contributed by atoms with Crippen LogP contribution in [0.5, 0.6) is 0 Å². The number of hydrogen-bond donors (Lipinski definition) is 1. The van der Waals surface area contributed by atoms with Crippen molar-refractivity contribution in [2.75, 3.05) is 0 Å². The van der Waals surface area contributed by atoms with Crippen LogP contribution in [-0.2, 0) is 4.79 Å². The zero-order chi connectivity index (χ0) is 7.98. The molecule has 0 aliphatic carbocycles. The number of nitrogens with one attached hydrogen (secondary N) is 1. The molecule has 0 aromatic carbocycles. The minimum Gasteiger partial charge on any atom is -0.350 e. The van der Waals surface area contributed by atoms with Gasteiger partial charge >= 0.3 is 0 Å². The van der Waals surface area contributed by atoms with Gasteiger partial charge in [-0.25, -0.2) is 0 Å². The summed E-state index contributed by atoms with van der Waals surface area (Å²) < 4.78 is 0. The van der Waals surface area contributed by atoms with E-state index >= 15 is 0 Å². The molecule has 1 N–H and O–H groups in total. The van der Waals surface area contributed by atoms with Gasteiger partial charge in [0, 0.05) is 18.2 Å². The summed E-state index contributed by atoms with van der Waals surface area (Å²) in [5.74, 6) is -0.225. The summed E-state index contributed by atoms with van der Waals surface area (Å²) in [6.45, 7) is 3.72. The Morgan fingerprint density at radius 3 is 2.70 bits per heavy atom. The molecule has 0 fully saturated rings. The van der Waals surface area contributed by atoms with Gasteiger partial charge in [-0.1, -0.05) is 0 Å². The Labute approximate surface area is 60.3 Å². The molecule has 0 aliphatic rings. The average Bonchev–Trinajstić information content (AvgIpc) is 1.82. The number of rotatable bonds is 2. The van der Waals surface area contributed by atoms with Crippen molar-refractivity contribution in [3.8, 4) is 6.07 Å². The van der Waals surface area contributed by atoms with Crippen LogP contribution >= 0.6 is 0 Å². The van der Waals surface area contributed by atoms with Crippen LogP contribution in [0.3, 0.4) is 0 Å². The van der Waals surface area contributed by atoms with Crippen molar-refractivity contribution in [1.29, 1.82) is 5.26 Å². The summed E-state index contributed by atoms with van der Waals surface area (Å²) in [5, 5.41) is 10.6. The zero-order valence-electron chi connectivity index (χ0n) is 6.09. The third-order valence-electron chi connectivity index (χ3n) is 0.740. The van der Waals surface area contributed by atoms with E-state index in [2.05, 4.69) is 5.32 Å². The molecule has 0 bridgehead atoms. The number of nitriles is 1. The van der Waals surface area contributed by atoms with E-state index in [1.807, 2.05) is 13.8 Å². The molecule has 0 aromatic heterocycles. The maximum atomic E-state index is 10.7. The molecule has 0 aromatic rings. The van der Waals surface area contributed by atoms with E-state index in [0.29, 0.717) is 0 Å². The Morgan fingerprint density at radius 2 is 2.30 bits per heavy atom. The van der Waals surface area contributed by atoms with Crippen LogP contribution in [0.15, 0.2) is 12.2 Å². The normalized spacial score (nSPS) is 9.80. The molecule has 54 valence electrons. The average molecular weight is 138 g/mol. The Bertz CT molecular complexity index is 177. The van der Waals surface area contributed by atoms with Gasteiger partial charge in [-0.05, 0) is 13.8 Å². The highest BCUT2D eigenvalue weighted by Gasteiger charge is 1.95. The first kappa shape index (κ1) is 8.70. The van der Waals surface area contributed by atoms with Crippen molar-refractivity contribution in [3.63, 3.8) is 0 Å². The fourth-order valence-corrected chi connectivity index (χ4v) is 0.446. The van der Waals surface area contributed by atoms with Crippen LogP contribution in [0, 0.1) is 11.3 Å². The minimum absolute atomic E-state index is 0.121. The quantitative estimate of drug-likeness (QED) is 0.448. The lowest BCUT2D eigenvalue weighted by atomic mass is 10.4. The summed E-state index contributed by atoms with van der Waals surface area (Å²) in [5.41, 5.74) is 0. The second kappa shape index (κ2) is 4.57. The predicted octanol–water partition coefficient (Wildman–Crippen LogP) is 0.591. The zero-order valence-corrected chi connectivity index (χ0v) is 6.09. The van der Waals surface area contributed by atoms with Gasteiger partial charge < -0.3 is 5.32 Å². The second-order valence-corrected chi connectivity index (χ2v) is 2.13. The smallest absolute Gasteiger partial charge is 0.244 e. The Balaban J connectivity index is 3.67. The number of nitrogens with zero attached hydrogens (tertiary/aromatic N) is 1. The standard InChI is InChI=1S/C7H10N2O/c1-6(2)9-7(10)4-3-5-8/h3-4,6H,1-2H3,(H,9,10)/b4-3-. The molecule has 0 saturated carbocycles. The molecule has 0 radical (unpaired) electrons. The lowest BCUT2D eigenvalue weighted by Crippen LogP contribution is -2.28. The van der Waals surface area contributed by atoms with E-state index in [9.17, 15) is 4.79 Å². The van der Waals surface area contributed by atoms with Crippen LogP contribution in [-0.4, -0.2) is 11.9 Å². The Hall–Kier alpha value is -1.30. The maximum absolute atomic E-state index is 10.7. The third kappa shape index (κ3) is 4.85. The van der Waals surface area contributed by atoms with Crippen molar-refractivity contribution in [1.82, 2.24) is 5.32 Å². The third-order valence-corrected chi connectivity index (χ3v) is 0.740. The number of amides is 1. The van der Waals surface area contributed by atoms with Crippen LogP contribution in [0.2, 0.25) is 0 Å². The van der Waals surface area contributed by atoms with Crippen molar-refractivity contribution in [2.45, 2.75) is 19.9 Å². The van der Waals surface area contributed by atoms with Crippen molar-refractivity contribution in [2.24, 2.45) is 0 Å². The molecule has 1 amide bonds. The molecule has 0 spiro atoms. The van der Waals surface area contributed by atoms with Gasteiger partial charge in [0.1, 0.15) is 0 Å². The van der Waals surface area contributed by atoms with Gasteiger partial charge in [-0.2, -0.15) is 5.26 Å². The molecule has 3 nitrogen and oxygen atoms in total. The fourth-order valence-electron chi connectivity index (χ4n) is 0.446. The SMILES string of the molecule is CC(C)NC(=O)/C=C\C#N. The lowest BCUT2D eigenvalue weighted by molar-refractivity contribution is -0.116. The molecule has 0 heterocycles. The van der Waals surface area contributed by atoms with Crippen molar-refractivity contribution >= 4 is 5.91 Å². The highest BCUT2D eigenvalue weighted by Crippen LogP contribution is 1.77. The topological polar surface area (TPSA) is 52.9 Å². The highest BCUT2D eigenvalue weighted by molar-refractivity contribution is 5.87. The van der Waals surface area contributed by atoms with E-state index in [0.717, 1.165) is 6.08 Å². The number of carbonyl (C=O) groups is 1. The summed E-state index contributed by atoms with van der Waals surface area (Å²) in [6, 6.07) is 1.85. The first-order valence-electron chi connectivity index (χ1n) is 3.03. The van der Waals surface area contributed by atoms with Gasteiger partial charge in [-0.3, -0.25) is 4.79 Å². The largest absolute Gasteiger partial charge is 0.350 e. The van der Waals surface area contributed by atoms with Gasteiger partial charge in [0.25, 0.3) is 0 Å². The molecule has 0 aliphatic heterocycles. The first-order chi connectivity index (χ1) is 4.66. The molecule has 3 heteroatoms. The monoisotopic (exact) mass is 138 g/mol. The molecule has 0 saturated heterocycles. The van der Waals surface area contributed by atoms with Gasteiger partial charge in [0.05, 0.1) is 6.07 Å². The van der Waals surface area contributed by atoms with Crippen LogP contribution in [0.4, 0.5) is 0 Å². The highest BCUT2D eigenvalue weighted by atomic mass is 16.1. The molecule has 0 unspecified atom stereocenters. The summed E-state index contributed by atoms with van der Waals surface area (Å²) >= 11 is 0. The molecule has 0 atom stereocenters. The van der Waals surface area contributed by atoms with E-state index < -0.39 is 0 Å². The van der Waals surface area contributed by atoms with Crippen molar-refractivity contribution < 1.29 is 4.79 Å². The molecule has 0 rings (SSSR count). The number of allylic oxidation sites excluding steroid dienone is 1. The Kier molecular flexibility index (Phi) is 3.97. The summed E-state index contributed by atoms with van der Waals surface area (Å²) in [7, 11) is 0. The molecular formula is C7H10N2O. The number of carbonyl (C=O) groups excluding carboxylic acids is 1. The maximum Gasteiger partial charge on any atom is 0.244 e. The lowest BCUT2D eigenvalue weighted by Gasteiger charge is -2.02. The second-order valence-electron chi connectivity index (χ2n) is 2.13. The minimum atomic E-state index is -0.225. The fraction of sp³-hybridized carbons (Fsp3) is 0.429. The first-order valence-corrected chi connectivity index (χ1v) is 3.03. The van der Waals surface area contributed by atoms with Crippen molar-refractivity contribution in [3.05, 3.63) is 12.2 Å².